The maximum Gasteiger partial charge on any atom is -0.000663 e. The van der Waals surface area contributed by atoms with Gasteiger partial charge in [-0.05, 0) is 57.4 Å². The van der Waals surface area contributed by atoms with E-state index in [1.807, 2.05) is 0 Å². The third kappa shape index (κ3) is 4.06. The molecule has 0 saturated carbocycles. The first-order valence-corrected chi connectivity index (χ1v) is 7.19. The van der Waals surface area contributed by atoms with Crippen molar-refractivity contribution in [3.63, 3.8) is 0 Å². The lowest BCUT2D eigenvalue weighted by molar-refractivity contribution is 0.0948. The van der Waals surface area contributed by atoms with Crippen LogP contribution in [-0.2, 0) is 0 Å². The molecule has 0 aromatic rings. The lowest BCUT2D eigenvalue weighted by Gasteiger charge is -2.41. The molecule has 0 unspecified atom stereocenters. The van der Waals surface area contributed by atoms with Crippen LogP contribution < -0.4 is 5.32 Å². The molecule has 1 heterocycles. The third-order valence-electron chi connectivity index (χ3n) is 4.49. The fourth-order valence-electron chi connectivity index (χ4n) is 2.81. The van der Waals surface area contributed by atoms with Crippen molar-refractivity contribution in [2.24, 2.45) is 5.41 Å². The van der Waals surface area contributed by atoms with Gasteiger partial charge in [0.1, 0.15) is 0 Å². The summed E-state index contributed by atoms with van der Waals surface area (Å²) in [6, 6.07) is 0. The molecule has 1 rings (SSSR count). The van der Waals surface area contributed by atoms with Crippen LogP contribution in [0, 0.1) is 5.41 Å². The van der Waals surface area contributed by atoms with Gasteiger partial charge < -0.3 is 10.2 Å². The predicted molar refractivity (Wildman–Crippen MR) is 71.8 cm³/mol. The Bertz CT molecular complexity index is 166. The second-order valence-corrected chi connectivity index (χ2v) is 5.26. The van der Waals surface area contributed by atoms with Crippen LogP contribution in [0.15, 0.2) is 0 Å². The van der Waals surface area contributed by atoms with E-state index >= 15 is 0 Å². The van der Waals surface area contributed by atoms with E-state index in [1.54, 1.807) is 0 Å². The lowest BCUT2D eigenvalue weighted by Crippen LogP contribution is -2.40. The molecule has 0 bridgehead atoms. The first-order chi connectivity index (χ1) is 7.76. The van der Waals surface area contributed by atoms with E-state index in [-0.39, 0.29) is 0 Å². The van der Waals surface area contributed by atoms with E-state index in [9.17, 15) is 0 Å². The molecule has 2 heteroatoms. The first-order valence-electron chi connectivity index (χ1n) is 7.19. The van der Waals surface area contributed by atoms with Crippen molar-refractivity contribution in [3.05, 3.63) is 0 Å². The summed E-state index contributed by atoms with van der Waals surface area (Å²) in [6.45, 7) is 13.1. The van der Waals surface area contributed by atoms with Gasteiger partial charge in [-0.1, -0.05) is 33.6 Å². The van der Waals surface area contributed by atoms with Crippen LogP contribution in [-0.4, -0.2) is 37.6 Å². The molecule has 0 radical (unpaired) electrons. The maximum absolute atomic E-state index is 3.40. The van der Waals surface area contributed by atoms with Crippen molar-refractivity contribution in [3.8, 4) is 0 Å². The highest BCUT2D eigenvalue weighted by atomic mass is 15.1. The third-order valence-corrected chi connectivity index (χ3v) is 4.49. The molecule has 1 saturated heterocycles. The number of likely N-dealkylation sites (tertiary alicyclic amines) is 1. The molecule has 1 N–H and O–H groups in total. The van der Waals surface area contributed by atoms with Crippen molar-refractivity contribution in [1.82, 2.24) is 10.2 Å². The number of hydrogen-bond donors (Lipinski definition) is 1. The molecule has 1 aliphatic rings. The molecule has 2 nitrogen and oxygen atoms in total. The molecule has 0 aromatic heterocycles. The number of nitrogens with one attached hydrogen (secondary N) is 1. The van der Waals surface area contributed by atoms with Gasteiger partial charge >= 0.3 is 0 Å². The second kappa shape index (κ2) is 7.29. The summed E-state index contributed by atoms with van der Waals surface area (Å²) in [5.74, 6) is 0. The molecule has 16 heavy (non-hydrogen) atoms. The van der Waals surface area contributed by atoms with E-state index in [4.69, 9.17) is 0 Å². The minimum Gasteiger partial charge on any atom is -0.317 e. The summed E-state index contributed by atoms with van der Waals surface area (Å²) in [5.41, 5.74) is 0.679. The number of hydrogen-bond acceptors (Lipinski definition) is 2. The summed E-state index contributed by atoms with van der Waals surface area (Å²) in [7, 11) is 0. The SMILES string of the molecule is CCNCCCN1CCC(CC)(CC)CC1. The Balaban J connectivity index is 2.16. The summed E-state index contributed by atoms with van der Waals surface area (Å²) in [6.07, 6.45) is 6.88. The molecule has 0 amide bonds. The normalized spacial score (nSPS) is 21.2. The zero-order valence-electron chi connectivity index (χ0n) is 11.5. The van der Waals surface area contributed by atoms with E-state index < -0.39 is 0 Å². The molecule has 96 valence electrons. The van der Waals surface area contributed by atoms with Gasteiger partial charge in [-0.2, -0.15) is 0 Å². The molecular weight excluding hydrogens is 196 g/mol. The minimum atomic E-state index is 0.679. The van der Waals surface area contributed by atoms with Crippen LogP contribution in [0.5, 0.6) is 0 Å². The second-order valence-electron chi connectivity index (χ2n) is 5.26. The lowest BCUT2D eigenvalue weighted by atomic mass is 9.74. The van der Waals surface area contributed by atoms with Gasteiger partial charge in [0.25, 0.3) is 0 Å². The molecule has 0 spiro atoms. The summed E-state index contributed by atoms with van der Waals surface area (Å²) < 4.78 is 0. The van der Waals surface area contributed by atoms with E-state index in [2.05, 4.69) is 31.0 Å². The Morgan fingerprint density at radius 1 is 1.06 bits per heavy atom. The highest BCUT2D eigenvalue weighted by Gasteiger charge is 2.30. The van der Waals surface area contributed by atoms with E-state index in [0.29, 0.717) is 5.41 Å². The van der Waals surface area contributed by atoms with Crippen molar-refractivity contribution in [2.45, 2.75) is 52.9 Å². The van der Waals surface area contributed by atoms with Crippen LogP contribution in [0.2, 0.25) is 0 Å². The smallest absolute Gasteiger partial charge is 0.000663 e. The van der Waals surface area contributed by atoms with Crippen molar-refractivity contribution in [1.29, 1.82) is 0 Å². The Hall–Kier alpha value is -0.0800. The predicted octanol–water partition coefficient (Wildman–Crippen LogP) is 2.89. The topological polar surface area (TPSA) is 15.3 Å². The standard InChI is InChI=1S/C14H30N2/c1-4-14(5-2)8-12-16(13-9-14)11-7-10-15-6-3/h15H,4-13H2,1-3H3. The maximum atomic E-state index is 3.40. The van der Waals surface area contributed by atoms with Crippen LogP contribution in [0.1, 0.15) is 52.9 Å². The molecule has 0 aliphatic carbocycles. The Morgan fingerprint density at radius 2 is 1.69 bits per heavy atom. The summed E-state index contributed by atoms with van der Waals surface area (Å²) in [5, 5.41) is 3.40. The molecule has 1 fully saturated rings. The molecular formula is C14H30N2. The van der Waals surface area contributed by atoms with Crippen LogP contribution in [0.25, 0.3) is 0 Å². The number of piperidine rings is 1. The van der Waals surface area contributed by atoms with Crippen molar-refractivity contribution >= 4 is 0 Å². The van der Waals surface area contributed by atoms with Gasteiger partial charge in [0.15, 0.2) is 0 Å². The van der Waals surface area contributed by atoms with Gasteiger partial charge in [0, 0.05) is 0 Å². The highest BCUT2D eigenvalue weighted by Crippen LogP contribution is 2.37. The van der Waals surface area contributed by atoms with Crippen LogP contribution >= 0.6 is 0 Å². The summed E-state index contributed by atoms with van der Waals surface area (Å²) in [4.78, 5) is 2.65. The number of rotatable bonds is 7. The van der Waals surface area contributed by atoms with Crippen LogP contribution in [0.3, 0.4) is 0 Å². The Labute approximate surface area is 102 Å². The Morgan fingerprint density at radius 3 is 2.19 bits per heavy atom. The average molecular weight is 226 g/mol. The van der Waals surface area contributed by atoms with Crippen LogP contribution in [0.4, 0.5) is 0 Å². The van der Waals surface area contributed by atoms with Gasteiger partial charge in [0.2, 0.25) is 0 Å². The van der Waals surface area contributed by atoms with Gasteiger partial charge in [-0.3, -0.25) is 0 Å². The monoisotopic (exact) mass is 226 g/mol. The quantitative estimate of drug-likeness (QED) is 0.672. The fourth-order valence-corrected chi connectivity index (χ4v) is 2.81. The van der Waals surface area contributed by atoms with Gasteiger partial charge in [-0.25, -0.2) is 0 Å². The van der Waals surface area contributed by atoms with Crippen molar-refractivity contribution in [2.75, 3.05) is 32.7 Å². The Kier molecular flexibility index (Phi) is 6.37. The molecule has 0 atom stereocenters. The zero-order valence-corrected chi connectivity index (χ0v) is 11.5. The first kappa shape index (κ1) is 14.0. The van der Waals surface area contributed by atoms with Gasteiger partial charge in [-0.15, -0.1) is 0 Å². The molecule has 0 aromatic carbocycles. The average Bonchev–Trinajstić information content (AvgIpc) is 2.36. The summed E-state index contributed by atoms with van der Waals surface area (Å²) >= 11 is 0. The van der Waals surface area contributed by atoms with E-state index in [1.165, 1.54) is 58.3 Å². The highest BCUT2D eigenvalue weighted by molar-refractivity contribution is 4.83. The van der Waals surface area contributed by atoms with Crippen molar-refractivity contribution < 1.29 is 0 Å². The number of nitrogens with zero attached hydrogens (tertiary/aromatic N) is 1. The van der Waals surface area contributed by atoms with E-state index in [0.717, 1.165) is 6.54 Å². The minimum absolute atomic E-state index is 0.679. The van der Waals surface area contributed by atoms with Gasteiger partial charge in [0.05, 0.1) is 0 Å². The molecule has 1 aliphatic heterocycles. The zero-order chi connectivity index (χ0) is 11.9. The fraction of sp³-hybridized carbons (Fsp3) is 1.00. The largest absolute Gasteiger partial charge is 0.317 e.